The van der Waals surface area contributed by atoms with Crippen LogP contribution in [-0.2, 0) is 6.42 Å². The third kappa shape index (κ3) is 1.43. The molecule has 2 aromatic rings. The Bertz CT molecular complexity index is 409. The number of fused-ring (bicyclic) bond motifs is 1. The molecule has 0 fully saturated rings. The minimum absolute atomic E-state index is 0.881. The second kappa shape index (κ2) is 3.66. The van der Waals surface area contributed by atoms with E-state index in [2.05, 4.69) is 11.9 Å². The Morgan fingerprint density at radius 1 is 1.29 bits per heavy atom. The number of benzene rings is 1. The zero-order chi connectivity index (χ0) is 9.97. The normalized spacial score (nSPS) is 10.4. The summed E-state index contributed by atoms with van der Waals surface area (Å²) < 4.78 is 5.28. The Balaban J connectivity index is 2.69. The molecule has 0 aliphatic rings. The number of aromatic nitrogens is 1. The molecule has 0 saturated carbocycles. The van der Waals surface area contributed by atoms with Crippen molar-refractivity contribution in [3.63, 3.8) is 0 Å². The van der Waals surface area contributed by atoms with Gasteiger partial charge in [-0.3, -0.25) is 0 Å². The van der Waals surface area contributed by atoms with Crippen LogP contribution in [0.3, 0.4) is 0 Å². The number of ether oxygens (including phenoxy) is 1. The van der Waals surface area contributed by atoms with Crippen molar-refractivity contribution < 1.29 is 4.74 Å². The molecule has 0 bridgehead atoms. The molecule has 0 unspecified atom stereocenters. The number of hydrogen-bond acceptors (Lipinski definition) is 2. The Hall–Kier alpha value is -1.57. The molecular weight excluding hydrogens is 174 g/mol. The van der Waals surface area contributed by atoms with E-state index in [1.165, 1.54) is 0 Å². The number of pyridine rings is 1. The van der Waals surface area contributed by atoms with Crippen LogP contribution in [0.4, 0.5) is 0 Å². The van der Waals surface area contributed by atoms with Crippen LogP contribution in [0.2, 0.25) is 0 Å². The van der Waals surface area contributed by atoms with Crippen molar-refractivity contribution in [2.75, 3.05) is 7.11 Å². The van der Waals surface area contributed by atoms with Crippen LogP contribution in [0.25, 0.3) is 10.9 Å². The summed E-state index contributed by atoms with van der Waals surface area (Å²) in [5.41, 5.74) is 2.05. The number of rotatable bonds is 2. The molecule has 1 heterocycles. The van der Waals surface area contributed by atoms with Crippen LogP contribution in [0, 0.1) is 0 Å². The molecule has 0 spiro atoms. The third-order valence-corrected chi connectivity index (χ3v) is 2.32. The predicted molar refractivity (Wildman–Crippen MR) is 57.7 cm³/mol. The maximum absolute atomic E-state index is 5.28. The summed E-state index contributed by atoms with van der Waals surface area (Å²) in [7, 11) is 1.69. The van der Waals surface area contributed by atoms with Gasteiger partial charge in [0, 0.05) is 5.39 Å². The lowest BCUT2D eigenvalue weighted by atomic mass is 10.1. The Labute approximate surface area is 83.5 Å². The standard InChI is InChI=1S/C12H13NO/c1-3-10-12(14-2)8-9-6-4-5-7-11(9)13-10/h4-8H,3H2,1-2H3. The van der Waals surface area contributed by atoms with Gasteiger partial charge in [0.2, 0.25) is 0 Å². The fourth-order valence-corrected chi connectivity index (χ4v) is 1.57. The molecule has 0 N–H and O–H groups in total. The van der Waals surface area contributed by atoms with Gasteiger partial charge in [0.15, 0.2) is 0 Å². The summed E-state index contributed by atoms with van der Waals surface area (Å²) in [6, 6.07) is 10.1. The predicted octanol–water partition coefficient (Wildman–Crippen LogP) is 2.81. The maximum atomic E-state index is 5.28. The summed E-state index contributed by atoms with van der Waals surface area (Å²) in [5, 5.41) is 1.13. The Morgan fingerprint density at radius 2 is 2.07 bits per heavy atom. The van der Waals surface area contributed by atoms with E-state index >= 15 is 0 Å². The van der Waals surface area contributed by atoms with Crippen LogP contribution in [-0.4, -0.2) is 12.1 Å². The van der Waals surface area contributed by atoms with Crippen molar-refractivity contribution in [2.45, 2.75) is 13.3 Å². The summed E-state index contributed by atoms with van der Waals surface area (Å²) in [6.07, 6.45) is 0.897. The highest BCUT2D eigenvalue weighted by atomic mass is 16.5. The van der Waals surface area contributed by atoms with Gasteiger partial charge in [-0.15, -0.1) is 0 Å². The van der Waals surface area contributed by atoms with Crippen molar-refractivity contribution in [1.29, 1.82) is 0 Å². The molecule has 0 saturated heterocycles. The zero-order valence-electron chi connectivity index (χ0n) is 8.45. The van der Waals surface area contributed by atoms with Gasteiger partial charge >= 0.3 is 0 Å². The van der Waals surface area contributed by atoms with Gasteiger partial charge in [0.05, 0.1) is 18.3 Å². The highest BCUT2D eigenvalue weighted by Gasteiger charge is 2.04. The molecule has 2 rings (SSSR count). The first-order chi connectivity index (χ1) is 6.85. The lowest BCUT2D eigenvalue weighted by Gasteiger charge is -2.07. The van der Waals surface area contributed by atoms with Crippen LogP contribution >= 0.6 is 0 Å². The molecule has 2 heteroatoms. The van der Waals surface area contributed by atoms with Gasteiger partial charge < -0.3 is 4.74 Å². The van der Waals surface area contributed by atoms with Gasteiger partial charge in [-0.25, -0.2) is 4.98 Å². The second-order valence-corrected chi connectivity index (χ2v) is 3.18. The average Bonchev–Trinajstić information content (AvgIpc) is 2.27. The first-order valence-electron chi connectivity index (χ1n) is 4.77. The fourth-order valence-electron chi connectivity index (χ4n) is 1.57. The van der Waals surface area contributed by atoms with Crippen molar-refractivity contribution in [2.24, 2.45) is 0 Å². The van der Waals surface area contributed by atoms with Crippen molar-refractivity contribution in [1.82, 2.24) is 4.98 Å². The molecule has 0 radical (unpaired) electrons. The lowest BCUT2D eigenvalue weighted by Crippen LogP contribution is -1.94. The molecular formula is C12H13NO. The minimum atomic E-state index is 0.881. The van der Waals surface area contributed by atoms with E-state index in [-0.39, 0.29) is 0 Å². The molecule has 0 aliphatic carbocycles. The van der Waals surface area contributed by atoms with Crippen LogP contribution in [0.5, 0.6) is 5.75 Å². The van der Waals surface area contributed by atoms with Gasteiger partial charge in [-0.2, -0.15) is 0 Å². The summed E-state index contributed by atoms with van der Waals surface area (Å²) in [4.78, 5) is 4.54. The highest BCUT2D eigenvalue weighted by molar-refractivity contribution is 5.80. The van der Waals surface area contributed by atoms with E-state index in [1.54, 1.807) is 7.11 Å². The summed E-state index contributed by atoms with van der Waals surface area (Å²) >= 11 is 0. The molecule has 0 atom stereocenters. The maximum Gasteiger partial charge on any atom is 0.140 e. The third-order valence-electron chi connectivity index (χ3n) is 2.32. The molecule has 2 nitrogen and oxygen atoms in total. The number of nitrogens with zero attached hydrogens (tertiary/aromatic N) is 1. The van der Waals surface area contributed by atoms with E-state index in [1.807, 2.05) is 30.3 Å². The largest absolute Gasteiger partial charge is 0.495 e. The number of aryl methyl sites for hydroxylation is 1. The number of methoxy groups -OCH3 is 1. The topological polar surface area (TPSA) is 22.1 Å². The number of para-hydroxylation sites is 1. The quantitative estimate of drug-likeness (QED) is 0.721. The van der Waals surface area contributed by atoms with Gasteiger partial charge in [0.25, 0.3) is 0 Å². The molecule has 14 heavy (non-hydrogen) atoms. The number of hydrogen-bond donors (Lipinski definition) is 0. The van der Waals surface area contributed by atoms with Crippen LogP contribution in [0.15, 0.2) is 30.3 Å². The fraction of sp³-hybridized carbons (Fsp3) is 0.250. The van der Waals surface area contributed by atoms with Gasteiger partial charge in [-0.05, 0) is 18.6 Å². The minimum Gasteiger partial charge on any atom is -0.495 e. The van der Waals surface area contributed by atoms with Crippen LogP contribution < -0.4 is 4.74 Å². The van der Waals surface area contributed by atoms with E-state index in [0.29, 0.717) is 0 Å². The zero-order valence-corrected chi connectivity index (χ0v) is 8.45. The van der Waals surface area contributed by atoms with E-state index < -0.39 is 0 Å². The van der Waals surface area contributed by atoms with Gasteiger partial charge in [0.1, 0.15) is 5.75 Å². The molecule has 0 amide bonds. The van der Waals surface area contributed by atoms with Gasteiger partial charge in [-0.1, -0.05) is 25.1 Å². The first-order valence-corrected chi connectivity index (χ1v) is 4.77. The Morgan fingerprint density at radius 3 is 2.79 bits per heavy atom. The second-order valence-electron chi connectivity index (χ2n) is 3.18. The molecule has 72 valence electrons. The van der Waals surface area contributed by atoms with Crippen molar-refractivity contribution in [3.05, 3.63) is 36.0 Å². The average molecular weight is 187 g/mol. The van der Waals surface area contributed by atoms with E-state index in [9.17, 15) is 0 Å². The van der Waals surface area contributed by atoms with Crippen molar-refractivity contribution in [3.8, 4) is 5.75 Å². The highest BCUT2D eigenvalue weighted by Crippen LogP contribution is 2.22. The SMILES string of the molecule is CCc1nc2ccccc2cc1OC. The van der Waals surface area contributed by atoms with Crippen molar-refractivity contribution >= 4 is 10.9 Å². The molecule has 1 aromatic carbocycles. The lowest BCUT2D eigenvalue weighted by molar-refractivity contribution is 0.408. The summed E-state index contributed by atoms with van der Waals surface area (Å²) in [5.74, 6) is 0.881. The smallest absolute Gasteiger partial charge is 0.140 e. The summed E-state index contributed by atoms with van der Waals surface area (Å²) in [6.45, 7) is 2.08. The van der Waals surface area contributed by atoms with E-state index in [4.69, 9.17) is 4.74 Å². The molecule has 0 aliphatic heterocycles. The molecule has 1 aromatic heterocycles. The Kier molecular flexibility index (Phi) is 2.35. The van der Waals surface area contributed by atoms with Crippen LogP contribution in [0.1, 0.15) is 12.6 Å². The monoisotopic (exact) mass is 187 g/mol. The van der Waals surface area contributed by atoms with E-state index in [0.717, 1.165) is 28.8 Å². The first kappa shape index (κ1) is 9.00.